The van der Waals surface area contributed by atoms with E-state index in [1.165, 1.54) is 0 Å². The zero-order chi connectivity index (χ0) is 36.6. The fraction of sp³-hybridized carbons (Fsp3) is 0. The number of rotatable bonds is 4. The average Bonchev–Trinajstić information content (AvgIpc) is 3.93. The van der Waals surface area contributed by atoms with Crippen molar-refractivity contribution in [1.82, 2.24) is 14.5 Å². The van der Waals surface area contributed by atoms with Gasteiger partial charge in [-0.15, -0.1) is 0 Å². The number of para-hydroxylation sites is 4. The average molecular weight is 704 g/mol. The minimum atomic E-state index is 0.318. The normalized spacial score (nSPS) is 11.6. The smallest absolute Gasteiger partial charge is 0.211 e. The van der Waals surface area contributed by atoms with Gasteiger partial charge in [-0.05, 0) is 54.1 Å². The summed E-state index contributed by atoms with van der Waals surface area (Å²) in [6.07, 6.45) is 0. The van der Waals surface area contributed by atoms with E-state index in [2.05, 4.69) is 39.7 Å². The van der Waals surface area contributed by atoms with Crippen molar-refractivity contribution in [2.45, 2.75) is 0 Å². The SMILES string of the molecule is [C-]#[N+]c1cc(-c2nc(-c3cccc4c3oc3ccccc34)nc(-c3ccccc3)c2C#N)ccc1-n1c2ccccc2c2ccc3oc4ccccc4c3c21. The molecule has 0 spiro atoms. The van der Waals surface area contributed by atoms with Crippen LogP contribution in [-0.4, -0.2) is 14.5 Å². The van der Waals surface area contributed by atoms with E-state index < -0.39 is 0 Å². The van der Waals surface area contributed by atoms with Crippen LogP contribution in [0.3, 0.4) is 0 Å². The van der Waals surface area contributed by atoms with E-state index in [1.807, 2.05) is 127 Å². The second kappa shape index (κ2) is 11.8. The highest BCUT2D eigenvalue weighted by molar-refractivity contribution is 6.24. The summed E-state index contributed by atoms with van der Waals surface area (Å²) in [6.45, 7) is 8.50. The topological polar surface area (TPSA) is 85.1 Å². The Morgan fingerprint density at radius 2 is 1.27 bits per heavy atom. The molecule has 0 aliphatic rings. The zero-order valence-corrected chi connectivity index (χ0v) is 29.0. The maximum Gasteiger partial charge on any atom is 0.211 e. The van der Waals surface area contributed by atoms with Gasteiger partial charge in [0.15, 0.2) is 5.82 Å². The van der Waals surface area contributed by atoms with Crippen LogP contribution in [0.15, 0.2) is 160 Å². The Morgan fingerprint density at radius 1 is 0.582 bits per heavy atom. The summed E-state index contributed by atoms with van der Waals surface area (Å²) in [6, 6.07) is 52.1. The van der Waals surface area contributed by atoms with Crippen molar-refractivity contribution in [2.24, 2.45) is 0 Å². The van der Waals surface area contributed by atoms with Crippen LogP contribution in [0.25, 0.3) is 110 Å². The Labute approximate surface area is 313 Å². The second-order valence-electron chi connectivity index (χ2n) is 13.5. The lowest BCUT2D eigenvalue weighted by atomic mass is 9.99. The molecule has 254 valence electrons. The molecule has 4 aromatic heterocycles. The minimum Gasteiger partial charge on any atom is -0.456 e. The molecule has 0 atom stereocenters. The van der Waals surface area contributed by atoms with Crippen molar-refractivity contribution in [1.29, 1.82) is 5.26 Å². The summed E-state index contributed by atoms with van der Waals surface area (Å²) < 4.78 is 14.9. The number of hydrogen-bond donors (Lipinski definition) is 0. The minimum absolute atomic E-state index is 0.318. The van der Waals surface area contributed by atoms with Gasteiger partial charge in [-0.1, -0.05) is 103 Å². The third kappa shape index (κ3) is 4.48. The van der Waals surface area contributed by atoms with E-state index in [4.69, 9.17) is 25.4 Å². The van der Waals surface area contributed by atoms with Crippen LogP contribution in [0.4, 0.5) is 5.69 Å². The first-order valence-corrected chi connectivity index (χ1v) is 17.8. The van der Waals surface area contributed by atoms with Crippen molar-refractivity contribution in [3.8, 4) is 45.7 Å². The first-order valence-electron chi connectivity index (χ1n) is 17.8. The predicted octanol–water partition coefficient (Wildman–Crippen LogP) is 12.8. The van der Waals surface area contributed by atoms with Crippen molar-refractivity contribution < 1.29 is 8.83 Å². The highest BCUT2D eigenvalue weighted by atomic mass is 16.3. The highest BCUT2D eigenvalue weighted by Crippen LogP contribution is 2.44. The van der Waals surface area contributed by atoms with Crippen LogP contribution in [0.5, 0.6) is 0 Å². The summed E-state index contributed by atoms with van der Waals surface area (Å²) in [4.78, 5) is 14.3. The molecule has 0 saturated heterocycles. The molecule has 11 aromatic rings. The second-order valence-corrected chi connectivity index (χ2v) is 13.5. The molecule has 0 bridgehead atoms. The molecule has 0 fully saturated rings. The molecular weight excluding hydrogens is 679 g/mol. The zero-order valence-electron chi connectivity index (χ0n) is 29.0. The summed E-state index contributed by atoms with van der Waals surface area (Å²) in [5, 5.41) is 16.9. The largest absolute Gasteiger partial charge is 0.456 e. The Bertz CT molecular complexity index is 3470. The number of furan rings is 2. The van der Waals surface area contributed by atoms with Gasteiger partial charge in [-0.3, -0.25) is 0 Å². The van der Waals surface area contributed by atoms with Crippen LogP contribution >= 0.6 is 0 Å². The number of aromatic nitrogens is 3. The molecule has 7 nitrogen and oxygen atoms in total. The number of benzene rings is 7. The molecule has 0 aliphatic carbocycles. The molecule has 7 heteroatoms. The quantitative estimate of drug-likeness (QED) is 0.170. The van der Waals surface area contributed by atoms with E-state index >= 15 is 0 Å². The first-order chi connectivity index (χ1) is 27.2. The molecule has 0 saturated carbocycles. The summed E-state index contributed by atoms with van der Waals surface area (Å²) in [5.74, 6) is 0.419. The van der Waals surface area contributed by atoms with Gasteiger partial charge in [0.2, 0.25) is 5.69 Å². The molecule has 0 unspecified atom stereocenters. The van der Waals surface area contributed by atoms with Crippen LogP contribution in [0.2, 0.25) is 0 Å². The van der Waals surface area contributed by atoms with Crippen LogP contribution in [0.1, 0.15) is 5.56 Å². The molecule has 0 N–H and O–H groups in total. The van der Waals surface area contributed by atoms with E-state index in [-0.39, 0.29) is 0 Å². The lowest BCUT2D eigenvalue weighted by Crippen LogP contribution is -2.02. The Morgan fingerprint density at radius 3 is 2.07 bits per heavy atom. The fourth-order valence-electron chi connectivity index (χ4n) is 8.09. The lowest BCUT2D eigenvalue weighted by Gasteiger charge is -2.15. The molecule has 0 radical (unpaired) electrons. The molecule has 11 rings (SSSR count). The predicted molar refractivity (Wildman–Crippen MR) is 218 cm³/mol. The van der Waals surface area contributed by atoms with Gasteiger partial charge >= 0.3 is 0 Å². The van der Waals surface area contributed by atoms with Gasteiger partial charge in [0.05, 0.1) is 45.6 Å². The van der Waals surface area contributed by atoms with Crippen molar-refractivity contribution >= 4 is 71.4 Å². The van der Waals surface area contributed by atoms with E-state index in [9.17, 15) is 5.26 Å². The molecule has 0 amide bonds. The standard InChI is InChI=1S/C48H25N5O2/c1-50-37-26-29(22-24-39(37)53-38-19-8-5-14-30(38)32-23-25-42-43(46(32)53)34-16-7-10-21-41(34)54-42)45-36(27-49)44(28-12-3-2-4-13-28)51-48(52-45)35-18-11-17-33-31-15-6-9-20-40(31)55-47(33)35/h2-26H. The van der Waals surface area contributed by atoms with Gasteiger partial charge in [0, 0.05) is 32.5 Å². The molecular formula is C48H25N5O2. The van der Waals surface area contributed by atoms with Crippen molar-refractivity contribution in [3.63, 3.8) is 0 Å². The van der Waals surface area contributed by atoms with Crippen molar-refractivity contribution in [3.05, 3.63) is 169 Å². The lowest BCUT2D eigenvalue weighted by molar-refractivity contribution is 0.669. The van der Waals surface area contributed by atoms with Gasteiger partial charge in [-0.2, -0.15) is 5.26 Å². The number of nitriles is 1. The third-order valence-corrected chi connectivity index (χ3v) is 10.5. The Kier molecular flexibility index (Phi) is 6.54. The van der Waals surface area contributed by atoms with Crippen molar-refractivity contribution in [2.75, 3.05) is 0 Å². The number of hydrogen-bond acceptors (Lipinski definition) is 5. The molecule has 7 aromatic carbocycles. The molecule has 55 heavy (non-hydrogen) atoms. The Balaban J connectivity index is 1.18. The maximum absolute atomic E-state index is 10.8. The van der Waals surface area contributed by atoms with Gasteiger partial charge < -0.3 is 13.4 Å². The Hall–Kier alpha value is -8.00. The van der Waals surface area contributed by atoms with E-state index in [0.29, 0.717) is 50.9 Å². The molecule has 4 heterocycles. The van der Waals surface area contributed by atoms with Crippen LogP contribution in [-0.2, 0) is 0 Å². The third-order valence-electron chi connectivity index (χ3n) is 10.5. The van der Waals surface area contributed by atoms with Gasteiger partial charge in [0.25, 0.3) is 0 Å². The van der Waals surface area contributed by atoms with Crippen LogP contribution < -0.4 is 0 Å². The molecule has 0 aliphatic heterocycles. The van der Waals surface area contributed by atoms with E-state index in [0.717, 1.165) is 65.7 Å². The number of nitrogens with zero attached hydrogens (tertiary/aromatic N) is 5. The van der Waals surface area contributed by atoms with Crippen LogP contribution in [0, 0.1) is 17.9 Å². The summed E-state index contributed by atoms with van der Waals surface area (Å²) in [5.41, 5.74) is 9.45. The summed E-state index contributed by atoms with van der Waals surface area (Å²) in [7, 11) is 0. The summed E-state index contributed by atoms with van der Waals surface area (Å²) >= 11 is 0. The monoisotopic (exact) mass is 703 g/mol. The van der Waals surface area contributed by atoms with E-state index in [1.54, 1.807) is 0 Å². The fourth-order valence-corrected chi connectivity index (χ4v) is 8.09. The first kappa shape index (κ1) is 30.6. The number of fused-ring (bicyclic) bond motifs is 10. The van der Waals surface area contributed by atoms with Gasteiger partial charge in [0.1, 0.15) is 34.0 Å². The maximum atomic E-state index is 10.8. The van der Waals surface area contributed by atoms with Gasteiger partial charge in [-0.25, -0.2) is 14.8 Å². The highest BCUT2D eigenvalue weighted by Gasteiger charge is 2.24.